The Morgan fingerprint density at radius 3 is 2.82 bits per heavy atom. The topological polar surface area (TPSA) is 52.6 Å². The fraction of sp³-hybridized carbons (Fsp3) is 0.455. The molecule has 1 aliphatic heterocycles. The highest BCUT2D eigenvalue weighted by molar-refractivity contribution is 8.13. The van der Waals surface area contributed by atoms with Crippen LogP contribution in [-0.4, -0.2) is 21.3 Å². The Balaban J connectivity index is 2.33. The molecule has 94 valence electrons. The minimum atomic E-state index is -3.49. The lowest BCUT2D eigenvalue weighted by molar-refractivity contribution is 0.134. The summed E-state index contributed by atoms with van der Waals surface area (Å²) in [6, 6.07) is 3.78. The molecule has 0 atom stereocenters. The number of rotatable bonds is 4. The summed E-state index contributed by atoms with van der Waals surface area (Å²) in [4.78, 5) is 0. The quantitative estimate of drug-likeness (QED) is 0.788. The Kier molecular flexibility index (Phi) is 3.61. The monoisotopic (exact) mass is 276 g/mol. The van der Waals surface area contributed by atoms with E-state index in [1.807, 2.05) is 12.1 Å². The van der Waals surface area contributed by atoms with Crippen LogP contribution in [0.5, 0.6) is 5.75 Å². The van der Waals surface area contributed by atoms with Gasteiger partial charge in [-0.1, -0.05) is 6.07 Å². The molecule has 6 heteroatoms. The van der Waals surface area contributed by atoms with Gasteiger partial charge in [-0.05, 0) is 23.6 Å². The van der Waals surface area contributed by atoms with E-state index in [1.165, 1.54) is 0 Å². The number of benzene rings is 1. The Labute approximate surface area is 105 Å². The van der Waals surface area contributed by atoms with Gasteiger partial charge in [-0.15, -0.1) is 0 Å². The van der Waals surface area contributed by atoms with Crippen molar-refractivity contribution in [3.8, 4) is 5.75 Å². The summed E-state index contributed by atoms with van der Waals surface area (Å²) in [7, 11) is 3.31. The predicted octanol–water partition coefficient (Wildman–Crippen LogP) is 1.84. The summed E-state index contributed by atoms with van der Waals surface area (Å²) in [5.74, 6) is 0.594. The normalized spacial score (nSPS) is 14.7. The van der Waals surface area contributed by atoms with Crippen molar-refractivity contribution < 1.29 is 17.9 Å². The summed E-state index contributed by atoms with van der Waals surface area (Å²) in [6.45, 7) is 1.07. The molecule has 0 saturated carbocycles. The SMILES string of the molecule is COc1ccc2c(c1CCS(=O)(=O)Cl)COC2. The van der Waals surface area contributed by atoms with Crippen molar-refractivity contribution in [2.45, 2.75) is 19.6 Å². The molecule has 0 bridgehead atoms. The molecule has 17 heavy (non-hydrogen) atoms. The van der Waals surface area contributed by atoms with E-state index in [4.69, 9.17) is 20.2 Å². The smallest absolute Gasteiger partial charge is 0.232 e. The van der Waals surface area contributed by atoms with E-state index in [1.54, 1.807) is 7.11 Å². The highest BCUT2D eigenvalue weighted by atomic mass is 35.7. The Morgan fingerprint density at radius 1 is 1.41 bits per heavy atom. The summed E-state index contributed by atoms with van der Waals surface area (Å²) in [5.41, 5.74) is 3.00. The lowest BCUT2D eigenvalue weighted by Crippen LogP contribution is -2.06. The van der Waals surface area contributed by atoms with Gasteiger partial charge < -0.3 is 9.47 Å². The van der Waals surface area contributed by atoms with Gasteiger partial charge in [0.1, 0.15) is 5.75 Å². The van der Waals surface area contributed by atoms with Gasteiger partial charge in [0.15, 0.2) is 0 Å². The molecule has 1 aliphatic rings. The molecule has 0 aromatic heterocycles. The van der Waals surface area contributed by atoms with Crippen molar-refractivity contribution in [2.24, 2.45) is 0 Å². The van der Waals surface area contributed by atoms with Crippen molar-refractivity contribution >= 4 is 19.7 Å². The number of halogens is 1. The van der Waals surface area contributed by atoms with E-state index < -0.39 is 9.05 Å². The fourth-order valence-electron chi connectivity index (χ4n) is 1.99. The minimum Gasteiger partial charge on any atom is -0.496 e. The molecule has 1 aromatic carbocycles. The second kappa shape index (κ2) is 4.84. The second-order valence-electron chi connectivity index (χ2n) is 3.87. The maximum Gasteiger partial charge on any atom is 0.232 e. The lowest BCUT2D eigenvalue weighted by atomic mass is 10.0. The molecule has 1 aromatic rings. The molecule has 1 heterocycles. The first-order valence-corrected chi connectivity index (χ1v) is 7.67. The zero-order valence-corrected chi connectivity index (χ0v) is 11.0. The highest BCUT2D eigenvalue weighted by Crippen LogP contribution is 2.31. The van der Waals surface area contributed by atoms with E-state index in [0.29, 0.717) is 25.4 Å². The second-order valence-corrected chi connectivity index (χ2v) is 6.77. The van der Waals surface area contributed by atoms with Crippen LogP contribution in [0.2, 0.25) is 0 Å². The molecule has 0 amide bonds. The van der Waals surface area contributed by atoms with Gasteiger partial charge in [0, 0.05) is 16.2 Å². The summed E-state index contributed by atoms with van der Waals surface area (Å²) in [6.07, 6.45) is 0.349. The van der Waals surface area contributed by atoms with Crippen LogP contribution < -0.4 is 4.74 Å². The third-order valence-electron chi connectivity index (χ3n) is 2.80. The summed E-state index contributed by atoms with van der Waals surface area (Å²) >= 11 is 0. The molecule has 0 spiro atoms. The van der Waals surface area contributed by atoms with Crippen LogP contribution >= 0.6 is 10.7 Å². The number of fused-ring (bicyclic) bond motifs is 1. The molecule has 0 N–H and O–H groups in total. The molecular formula is C11H13ClO4S. The third-order valence-corrected chi connectivity index (χ3v) is 3.96. The van der Waals surface area contributed by atoms with Crippen molar-refractivity contribution in [3.63, 3.8) is 0 Å². The number of hydrogen-bond donors (Lipinski definition) is 0. The Bertz CT molecular complexity index is 525. The van der Waals surface area contributed by atoms with E-state index in [2.05, 4.69) is 0 Å². The van der Waals surface area contributed by atoms with Crippen molar-refractivity contribution in [3.05, 3.63) is 28.8 Å². The summed E-state index contributed by atoms with van der Waals surface area (Å²) < 4.78 is 32.6. The first kappa shape index (κ1) is 12.7. The van der Waals surface area contributed by atoms with Crippen molar-refractivity contribution in [2.75, 3.05) is 12.9 Å². The van der Waals surface area contributed by atoms with Crippen LogP contribution in [0, 0.1) is 0 Å². The Hall–Kier alpha value is -0.780. The molecule has 0 saturated heterocycles. The lowest BCUT2D eigenvalue weighted by Gasteiger charge is -2.11. The maximum atomic E-state index is 11.0. The van der Waals surface area contributed by atoms with Gasteiger partial charge in [0.2, 0.25) is 9.05 Å². The van der Waals surface area contributed by atoms with Crippen LogP contribution in [0.3, 0.4) is 0 Å². The van der Waals surface area contributed by atoms with Crippen molar-refractivity contribution in [1.82, 2.24) is 0 Å². The van der Waals surface area contributed by atoms with Gasteiger partial charge in [0.05, 0.1) is 26.1 Å². The maximum absolute atomic E-state index is 11.0. The van der Waals surface area contributed by atoms with Gasteiger partial charge in [-0.3, -0.25) is 0 Å². The van der Waals surface area contributed by atoms with Gasteiger partial charge in [-0.2, -0.15) is 0 Å². The first-order valence-electron chi connectivity index (χ1n) is 5.19. The fourth-order valence-corrected chi connectivity index (χ4v) is 2.67. The standard InChI is InChI=1S/C11H13ClO4S/c1-15-11-3-2-8-6-16-7-10(8)9(11)4-5-17(12,13)14/h2-3H,4-7H2,1H3. The molecule has 0 aliphatic carbocycles. The highest BCUT2D eigenvalue weighted by Gasteiger charge is 2.20. The molecule has 2 rings (SSSR count). The van der Waals surface area contributed by atoms with Gasteiger partial charge in [0.25, 0.3) is 0 Å². The predicted molar refractivity (Wildman–Crippen MR) is 64.8 cm³/mol. The number of ether oxygens (including phenoxy) is 2. The zero-order chi connectivity index (χ0) is 12.5. The minimum absolute atomic E-state index is 0.0959. The van der Waals surface area contributed by atoms with E-state index in [-0.39, 0.29) is 5.75 Å². The number of methoxy groups -OCH3 is 1. The summed E-state index contributed by atoms with van der Waals surface area (Å²) in [5, 5.41) is 0. The largest absolute Gasteiger partial charge is 0.496 e. The third kappa shape index (κ3) is 2.91. The van der Waals surface area contributed by atoms with Gasteiger partial charge in [-0.25, -0.2) is 8.42 Å². The van der Waals surface area contributed by atoms with Crippen LogP contribution in [-0.2, 0) is 33.4 Å². The molecule has 0 radical (unpaired) electrons. The molecular weight excluding hydrogens is 264 g/mol. The van der Waals surface area contributed by atoms with Crippen LogP contribution in [0.1, 0.15) is 16.7 Å². The first-order chi connectivity index (χ1) is 8.01. The number of hydrogen-bond acceptors (Lipinski definition) is 4. The Morgan fingerprint density at radius 2 is 2.18 bits per heavy atom. The van der Waals surface area contributed by atoms with E-state index in [0.717, 1.165) is 16.7 Å². The van der Waals surface area contributed by atoms with Crippen LogP contribution in [0.15, 0.2) is 12.1 Å². The van der Waals surface area contributed by atoms with Crippen molar-refractivity contribution in [1.29, 1.82) is 0 Å². The zero-order valence-electron chi connectivity index (χ0n) is 9.40. The van der Waals surface area contributed by atoms with E-state index in [9.17, 15) is 8.42 Å². The van der Waals surface area contributed by atoms with E-state index >= 15 is 0 Å². The molecule has 4 nitrogen and oxygen atoms in total. The molecule has 0 fully saturated rings. The van der Waals surface area contributed by atoms with Gasteiger partial charge >= 0.3 is 0 Å². The van der Waals surface area contributed by atoms with Crippen LogP contribution in [0.4, 0.5) is 0 Å². The average molecular weight is 277 g/mol. The molecule has 0 unspecified atom stereocenters. The van der Waals surface area contributed by atoms with Crippen LogP contribution in [0.25, 0.3) is 0 Å². The average Bonchev–Trinajstić information content (AvgIpc) is 2.72.